The van der Waals surface area contributed by atoms with E-state index in [4.69, 9.17) is 0 Å². The van der Waals surface area contributed by atoms with Gasteiger partial charge in [-0.2, -0.15) is 0 Å². The summed E-state index contributed by atoms with van der Waals surface area (Å²) in [5.74, 6) is -0.261. The van der Waals surface area contributed by atoms with E-state index in [-0.39, 0.29) is 24.2 Å². The van der Waals surface area contributed by atoms with Crippen LogP contribution < -0.4 is 5.32 Å². The Morgan fingerprint density at radius 3 is 2.38 bits per heavy atom. The van der Waals surface area contributed by atoms with Gasteiger partial charge in [-0.15, -0.1) is 0 Å². The van der Waals surface area contributed by atoms with E-state index in [2.05, 4.69) is 75.4 Å². The number of carbonyl (C=O) groups is 1. The maximum atomic E-state index is 13.8. The summed E-state index contributed by atoms with van der Waals surface area (Å²) >= 11 is 0. The molecule has 0 saturated carbocycles. The lowest BCUT2D eigenvalue weighted by Gasteiger charge is -2.31. The van der Waals surface area contributed by atoms with E-state index in [0.717, 1.165) is 39.0 Å². The number of rotatable bonds is 7. The predicted molar refractivity (Wildman–Crippen MR) is 134 cm³/mol. The van der Waals surface area contributed by atoms with E-state index >= 15 is 0 Å². The van der Waals surface area contributed by atoms with Crippen LogP contribution in [0.3, 0.4) is 0 Å². The third-order valence-electron chi connectivity index (χ3n) is 6.83. The van der Waals surface area contributed by atoms with Crippen molar-refractivity contribution in [2.75, 3.05) is 13.1 Å². The molecule has 1 aliphatic heterocycles. The SMILES string of the molecule is O=C(NCc1ccccc1F)C1CCN(Cc2cc3ccccc3n2Cc2ccccc2)CC1. The lowest BCUT2D eigenvalue weighted by molar-refractivity contribution is -0.126. The van der Waals surface area contributed by atoms with Crippen molar-refractivity contribution < 1.29 is 9.18 Å². The number of nitrogens with one attached hydrogen (secondary N) is 1. The van der Waals surface area contributed by atoms with E-state index < -0.39 is 0 Å². The quantitative estimate of drug-likeness (QED) is 0.408. The van der Waals surface area contributed by atoms with Crippen molar-refractivity contribution in [1.29, 1.82) is 0 Å². The smallest absolute Gasteiger partial charge is 0.223 e. The molecule has 5 rings (SSSR count). The number of likely N-dealkylation sites (tertiary alicyclic amines) is 1. The molecule has 0 aliphatic carbocycles. The number of fused-ring (bicyclic) bond motifs is 1. The van der Waals surface area contributed by atoms with E-state index in [1.807, 2.05) is 0 Å². The number of benzene rings is 3. The predicted octanol–water partition coefficient (Wildman–Crippen LogP) is 5.36. The fourth-order valence-corrected chi connectivity index (χ4v) is 4.90. The monoisotopic (exact) mass is 455 g/mol. The molecular weight excluding hydrogens is 425 g/mol. The van der Waals surface area contributed by atoms with Crippen molar-refractivity contribution in [3.05, 3.63) is 108 Å². The molecule has 0 spiro atoms. The summed E-state index contributed by atoms with van der Waals surface area (Å²) in [5, 5.41) is 4.19. The van der Waals surface area contributed by atoms with Crippen LogP contribution in [-0.2, 0) is 24.4 Å². The molecule has 2 heterocycles. The number of para-hydroxylation sites is 1. The van der Waals surface area contributed by atoms with Crippen molar-refractivity contribution >= 4 is 16.8 Å². The molecule has 1 N–H and O–H groups in total. The lowest BCUT2D eigenvalue weighted by Crippen LogP contribution is -2.40. The van der Waals surface area contributed by atoms with Gasteiger partial charge in [0.05, 0.1) is 0 Å². The average Bonchev–Trinajstić information content (AvgIpc) is 3.21. The average molecular weight is 456 g/mol. The minimum Gasteiger partial charge on any atom is -0.352 e. The highest BCUT2D eigenvalue weighted by molar-refractivity contribution is 5.81. The third-order valence-corrected chi connectivity index (χ3v) is 6.83. The normalized spacial score (nSPS) is 15.0. The van der Waals surface area contributed by atoms with Crippen molar-refractivity contribution in [1.82, 2.24) is 14.8 Å². The first-order valence-corrected chi connectivity index (χ1v) is 12.0. The number of piperidine rings is 1. The molecule has 4 aromatic rings. The van der Waals surface area contributed by atoms with Crippen molar-refractivity contribution in [2.24, 2.45) is 5.92 Å². The van der Waals surface area contributed by atoms with E-state index in [1.54, 1.807) is 18.2 Å². The lowest BCUT2D eigenvalue weighted by atomic mass is 9.95. The van der Waals surface area contributed by atoms with E-state index in [9.17, 15) is 9.18 Å². The zero-order chi connectivity index (χ0) is 23.3. The highest BCUT2D eigenvalue weighted by atomic mass is 19.1. The van der Waals surface area contributed by atoms with Crippen LogP contribution in [0, 0.1) is 11.7 Å². The highest BCUT2D eigenvalue weighted by Gasteiger charge is 2.25. The topological polar surface area (TPSA) is 37.3 Å². The minimum absolute atomic E-state index is 0.0156. The van der Waals surface area contributed by atoms with Crippen molar-refractivity contribution in [3.8, 4) is 0 Å². The fraction of sp³-hybridized carbons (Fsp3) is 0.276. The van der Waals surface area contributed by atoms with Gasteiger partial charge < -0.3 is 9.88 Å². The standard InChI is InChI=1S/C29H30FN3O/c30-27-12-6-4-11-25(27)19-31-29(34)23-14-16-32(17-15-23)21-26-18-24-10-5-7-13-28(24)33(26)20-22-8-2-1-3-9-22/h1-13,18,23H,14-17,19-21H2,(H,31,34). The molecule has 3 aromatic carbocycles. The Morgan fingerprint density at radius 2 is 1.59 bits per heavy atom. The molecule has 1 saturated heterocycles. The Morgan fingerprint density at radius 1 is 0.882 bits per heavy atom. The van der Waals surface area contributed by atoms with E-state index in [1.165, 1.54) is 28.2 Å². The Kier molecular flexibility index (Phi) is 6.72. The third kappa shape index (κ3) is 5.05. The largest absolute Gasteiger partial charge is 0.352 e. The van der Waals surface area contributed by atoms with Gasteiger partial charge in [-0.3, -0.25) is 9.69 Å². The fourth-order valence-electron chi connectivity index (χ4n) is 4.90. The number of hydrogen-bond acceptors (Lipinski definition) is 2. The Bertz CT molecular complexity index is 1260. The second-order valence-electron chi connectivity index (χ2n) is 9.13. The van der Waals surface area contributed by atoms with Gasteiger partial charge in [-0.05, 0) is 55.1 Å². The molecule has 4 nitrogen and oxygen atoms in total. The molecule has 0 radical (unpaired) electrons. The minimum atomic E-state index is -0.275. The molecule has 0 unspecified atom stereocenters. The molecule has 0 bridgehead atoms. The van der Waals surface area contributed by atoms with Gasteiger partial charge in [-0.25, -0.2) is 4.39 Å². The van der Waals surface area contributed by atoms with Gasteiger partial charge in [0, 0.05) is 42.3 Å². The zero-order valence-corrected chi connectivity index (χ0v) is 19.3. The first kappa shape index (κ1) is 22.4. The van der Waals surface area contributed by atoms with Crippen LogP contribution in [0.1, 0.15) is 29.7 Å². The molecule has 5 heteroatoms. The molecule has 34 heavy (non-hydrogen) atoms. The number of carbonyl (C=O) groups excluding carboxylic acids is 1. The maximum absolute atomic E-state index is 13.8. The second kappa shape index (κ2) is 10.2. The first-order chi connectivity index (χ1) is 16.7. The molecule has 0 atom stereocenters. The van der Waals surface area contributed by atoms with Crippen LogP contribution >= 0.6 is 0 Å². The summed E-state index contributed by atoms with van der Waals surface area (Å²) in [4.78, 5) is 15.1. The number of amides is 1. The van der Waals surface area contributed by atoms with E-state index in [0.29, 0.717) is 5.56 Å². The van der Waals surface area contributed by atoms with Crippen LogP contribution in [0.25, 0.3) is 10.9 Å². The summed E-state index contributed by atoms with van der Waals surface area (Å²) in [7, 11) is 0. The Labute approximate surface area is 200 Å². The molecule has 174 valence electrons. The number of aromatic nitrogens is 1. The molecule has 1 aromatic heterocycles. The van der Waals surface area contributed by atoms with Gasteiger partial charge in [0.1, 0.15) is 5.82 Å². The summed E-state index contributed by atoms with van der Waals surface area (Å²) in [6.07, 6.45) is 1.64. The molecule has 1 aliphatic rings. The zero-order valence-electron chi connectivity index (χ0n) is 19.3. The number of hydrogen-bond donors (Lipinski definition) is 1. The van der Waals surface area contributed by atoms with Crippen LogP contribution in [0.15, 0.2) is 84.9 Å². The molecule has 1 fully saturated rings. The first-order valence-electron chi connectivity index (χ1n) is 12.0. The maximum Gasteiger partial charge on any atom is 0.223 e. The van der Waals surface area contributed by atoms with Crippen molar-refractivity contribution in [2.45, 2.75) is 32.5 Å². The van der Waals surface area contributed by atoms with Gasteiger partial charge in [0.2, 0.25) is 5.91 Å². The number of halogens is 1. The summed E-state index contributed by atoms with van der Waals surface area (Å²) in [5.41, 5.74) is 4.37. The van der Waals surface area contributed by atoms with Gasteiger partial charge in [-0.1, -0.05) is 66.7 Å². The summed E-state index contributed by atoms with van der Waals surface area (Å²) < 4.78 is 16.2. The second-order valence-corrected chi connectivity index (χ2v) is 9.13. The Hall–Kier alpha value is -3.44. The molecular formula is C29H30FN3O. The number of nitrogens with zero attached hydrogens (tertiary/aromatic N) is 2. The van der Waals surface area contributed by atoms with Crippen LogP contribution in [0.4, 0.5) is 4.39 Å². The van der Waals surface area contributed by atoms with Crippen LogP contribution in [0.2, 0.25) is 0 Å². The van der Waals surface area contributed by atoms with Gasteiger partial charge in [0.15, 0.2) is 0 Å². The van der Waals surface area contributed by atoms with Crippen LogP contribution in [-0.4, -0.2) is 28.5 Å². The highest BCUT2D eigenvalue weighted by Crippen LogP contribution is 2.25. The Balaban J connectivity index is 1.22. The van der Waals surface area contributed by atoms with Crippen LogP contribution in [0.5, 0.6) is 0 Å². The molecule has 1 amide bonds. The summed E-state index contributed by atoms with van der Waals surface area (Å²) in [6, 6.07) is 28.0. The van der Waals surface area contributed by atoms with Gasteiger partial charge >= 0.3 is 0 Å². The van der Waals surface area contributed by atoms with Crippen molar-refractivity contribution in [3.63, 3.8) is 0 Å². The van der Waals surface area contributed by atoms with Gasteiger partial charge in [0.25, 0.3) is 0 Å². The summed E-state index contributed by atoms with van der Waals surface area (Å²) in [6.45, 7) is 3.71.